The molecule has 170 valence electrons. The third kappa shape index (κ3) is 5.15. The molecule has 1 aliphatic heterocycles. The molecule has 0 unspecified atom stereocenters. The Balaban J connectivity index is 1.72. The van der Waals surface area contributed by atoms with E-state index in [9.17, 15) is 18.0 Å². The molecular formula is C23H20F3N5O2. The van der Waals surface area contributed by atoms with E-state index < -0.39 is 6.36 Å². The average molecular weight is 455 g/mol. The minimum atomic E-state index is -4.80. The number of ether oxygens (including phenoxy) is 1. The second-order valence-corrected chi connectivity index (χ2v) is 7.71. The van der Waals surface area contributed by atoms with Crippen molar-refractivity contribution in [1.29, 1.82) is 5.26 Å². The number of likely N-dealkylation sites (tertiary alicyclic amines) is 1. The molecule has 0 bridgehead atoms. The number of nitrogens with zero attached hydrogens (tertiary/aromatic N) is 4. The summed E-state index contributed by atoms with van der Waals surface area (Å²) in [5.41, 5.74) is 8.35. The van der Waals surface area contributed by atoms with Gasteiger partial charge in [0.2, 0.25) is 0 Å². The molecule has 1 amide bonds. The molecule has 0 radical (unpaired) electrons. The van der Waals surface area contributed by atoms with Crippen molar-refractivity contribution in [3.05, 3.63) is 65.9 Å². The van der Waals surface area contributed by atoms with Crippen LogP contribution in [-0.2, 0) is 0 Å². The molecule has 1 atom stereocenters. The van der Waals surface area contributed by atoms with Crippen molar-refractivity contribution in [1.82, 2.24) is 14.7 Å². The summed E-state index contributed by atoms with van der Waals surface area (Å²) in [4.78, 5) is 14.7. The quantitative estimate of drug-likeness (QED) is 0.644. The molecule has 0 saturated carbocycles. The largest absolute Gasteiger partial charge is 0.573 e. The first-order chi connectivity index (χ1) is 15.7. The summed E-state index contributed by atoms with van der Waals surface area (Å²) in [5.74, 6) is -0.632. The number of piperidine rings is 1. The van der Waals surface area contributed by atoms with Crippen LogP contribution in [0.1, 0.15) is 28.9 Å². The van der Waals surface area contributed by atoms with Gasteiger partial charge in [-0.25, -0.2) is 4.68 Å². The number of carbonyl (C=O) groups is 1. The number of aromatic nitrogens is 2. The van der Waals surface area contributed by atoms with Crippen LogP contribution in [-0.4, -0.2) is 46.1 Å². The van der Waals surface area contributed by atoms with Crippen molar-refractivity contribution in [3.63, 3.8) is 0 Å². The predicted molar refractivity (Wildman–Crippen MR) is 114 cm³/mol. The van der Waals surface area contributed by atoms with E-state index >= 15 is 0 Å². The van der Waals surface area contributed by atoms with Crippen LogP contribution in [0.4, 0.5) is 13.2 Å². The highest BCUT2D eigenvalue weighted by molar-refractivity contribution is 5.93. The molecule has 33 heavy (non-hydrogen) atoms. The van der Waals surface area contributed by atoms with Crippen LogP contribution in [0.2, 0.25) is 0 Å². The third-order valence-corrected chi connectivity index (χ3v) is 5.30. The van der Waals surface area contributed by atoms with E-state index in [4.69, 9.17) is 11.0 Å². The number of carbonyl (C=O) groups excluding carboxylic acids is 1. The van der Waals surface area contributed by atoms with Gasteiger partial charge in [-0.05, 0) is 55.3 Å². The summed E-state index contributed by atoms with van der Waals surface area (Å²) < 4.78 is 42.9. The maximum atomic E-state index is 13.1. The third-order valence-electron chi connectivity index (χ3n) is 5.30. The van der Waals surface area contributed by atoms with Crippen LogP contribution >= 0.6 is 0 Å². The van der Waals surface area contributed by atoms with Crippen LogP contribution in [0.25, 0.3) is 16.9 Å². The molecule has 0 aliphatic carbocycles. The van der Waals surface area contributed by atoms with Crippen LogP contribution in [0.15, 0.2) is 54.6 Å². The van der Waals surface area contributed by atoms with E-state index in [-0.39, 0.29) is 23.4 Å². The van der Waals surface area contributed by atoms with Gasteiger partial charge >= 0.3 is 6.36 Å². The van der Waals surface area contributed by atoms with Gasteiger partial charge in [0.1, 0.15) is 5.75 Å². The van der Waals surface area contributed by atoms with Crippen LogP contribution in [0.5, 0.6) is 5.75 Å². The Morgan fingerprint density at radius 3 is 2.45 bits per heavy atom. The highest BCUT2D eigenvalue weighted by Gasteiger charge is 2.31. The first-order valence-corrected chi connectivity index (χ1v) is 10.2. The van der Waals surface area contributed by atoms with E-state index in [0.717, 1.165) is 12.8 Å². The summed E-state index contributed by atoms with van der Waals surface area (Å²) in [6, 6.07) is 15.5. The minimum absolute atomic E-state index is 0.0936. The van der Waals surface area contributed by atoms with E-state index in [1.807, 2.05) is 6.07 Å². The van der Waals surface area contributed by atoms with E-state index in [1.54, 1.807) is 35.2 Å². The Morgan fingerprint density at radius 1 is 1.15 bits per heavy atom. The Hall–Kier alpha value is -3.84. The number of benzene rings is 2. The van der Waals surface area contributed by atoms with Crippen molar-refractivity contribution < 1.29 is 22.7 Å². The molecule has 7 nitrogen and oxygen atoms in total. The number of nitriles is 1. The van der Waals surface area contributed by atoms with Gasteiger partial charge in [0.15, 0.2) is 5.69 Å². The zero-order valence-electron chi connectivity index (χ0n) is 17.4. The standard InChI is InChI=1S/C23H20F3N5O2/c24-23(25,26)33-19-9-7-18(8-10-19)31-21(16-5-3-15(13-27)4-6-16)12-20(29-31)22(32)30-11-1-2-17(28)14-30/h3-10,12,17H,1-2,11,14,28H2/t17-/m1/s1. The number of alkyl halides is 3. The normalized spacial score (nSPS) is 16.3. The second-order valence-electron chi connectivity index (χ2n) is 7.71. The summed E-state index contributed by atoms with van der Waals surface area (Å²) in [6.07, 6.45) is -3.15. The SMILES string of the molecule is N#Cc1ccc(-c2cc(C(=O)N3CCC[C@@H](N)C3)nn2-c2ccc(OC(F)(F)F)cc2)cc1. The summed E-state index contributed by atoms with van der Waals surface area (Å²) in [5, 5.41) is 13.5. The molecular weight excluding hydrogens is 435 g/mol. The molecule has 1 aromatic heterocycles. The van der Waals surface area contributed by atoms with E-state index in [1.165, 1.54) is 28.9 Å². The Kier molecular flexibility index (Phi) is 6.07. The van der Waals surface area contributed by atoms with Crippen LogP contribution in [0, 0.1) is 11.3 Å². The smallest absolute Gasteiger partial charge is 0.406 e. The number of hydrogen-bond acceptors (Lipinski definition) is 5. The molecule has 1 aliphatic rings. The highest BCUT2D eigenvalue weighted by atomic mass is 19.4. The molecule has 2 aromatic carbocycles. The van der Waals surface area contributed by atoms with E-state index in [0.29, 0.717) is 35.6 Å². The fourth-order valence-electron chi connectivity index (χ4n) is 3.75. The molecule has 1 fully saturated rings. The lowest BCUT2D eigenvalue weighted by atomic mass is 10.1. The van der Waals surface area contributed by atoms with Crippen molar-refractivity contribution in [3.8, 4) is 28.8 Å². The summed E-state index contributed by atoms with van der Waals surface area (Å²) in [7, 11) is 0. The van der Waals surface area contributed by atoms with Crippen LogP contribution in [0.3, 0.4) is 0 Å². The van der Waals surface area contributed by atoms with Crippen molar-refractivity contribution in [2.24, 2.45) is 5.73 Å². The van der Waals surface area contributed by atoms with Gasteiger partial charge in [-0.3, -0.25) is 4.79 Å². The van der Waals surface area contributed by atoms with Gasteiger partial charge in [0.05, 0.1) is 23.0 Å². The molecule has 4 rings (SSSR count). The predicted octanol–water partition coefficient (Wildman–Crippen LogP) is 3.87. The van der Waals surface area contributed by atoms with Gasteiger partial charge in [0, 0.05) is 24.7 Å². The zero-order chi connectivity index (χ0) is 23.6. The number of halogens is 3. The first kappa shape index (κ1) is 22.4. The monoisotopic (exact) mass is 455 g/mol. The zero-order valence-corrected chi connectivity index (χ0v) is 17.4. The number of rotatable bonds is 4. The van der Waals surface area contributed by atoms with E-state index in [2.05, 4.69) is 9.84 Å². The van der Waals surface area contributed by atoms with Crippen molar-refractivity contribution in [2.75, 3.05) is 13.1 Å². The van der Waals surface area contributed by atoms with Gasteiger partial charge < -0.3 is 15.4 Å². The molecule has 2 heterocycles. The second kappa shape index (κ2) is 8.96. The minimum Gasteiger partial charge on any atom is -0.406 e. The molecule has 3 aromatic rings. The number of amides is 1. The first-order valence-electron chi connectivity index (χ1n) is 10.2. The van der Waals surface area contributed by atoms with Gasteiger partial charge in [-0.2, -0.15) is 10.4 Å². The number of hydrogen-bond donors (Lipinski definition) is 1. The Labute approximate surface area is 187 Å². The van der Waals surface area contributed by atoms with Gasteiger partial charge in [0.25, 0.3) is 5.91 Å². The highest BCUT2D eigenvalue weighted by Crippen LogP contribution is 2.28. The lowest BCUT2D eigenvalue weighted by Gasteiger charge is -2.30. The molecule has 0 spiro atoms. The van der Waals surface area contributed by atoms with Crippen LogP contribution < -0.4 is 10.5 Å². The fourth-order valence-corrected chi connectivity index (χ4v) is 3.75. The molecule has 10 heteroatoms. The summed E-state index contributed by atoms with van der Waals surface area (Å²) >= 11 is 0. The Morgan fingerprint density at radius 2 is 1.85 bits per heavy atom. The lowest BCUT2D eigenvalue weighted by molar-refractivity contribution is -0.274. The van der Waals surface area contributed by atoms with Gasteiger partial charge in [-0.1, -0.05) is 12.1 Å². The summed E-state index contributed by atoms with van der Waals surface area (Å²) in [6.45, 7) is 1.01. The molecule has 2 N–H and O–H groups in total. The fraction of sp³-hybridized carbons (Fsp3) is 0.261. The Bertz CT molecular complexity index is 1180. The number of nitrogens with two attached hydrogens (primary N) is 1. The topological polar surface area (TPSA) is 97.2 Å². The molecule has 1 saturated heterocycles. The van der Waals surface area contributed by atoms with Crippen molar-refractivity contribution >= 4 is 5.91 Å². The maximum absolute atomic E-state index is 13.1. The maximum Gasteiger partial charge on any atom is 0.573 e. The van der Waals surface area contributed by atoms with Gasteiger partial charge in [-0.15, -0.1) is 13.2 Å². The van der Waals surface area contributed by atoms with Crippen molar-refractivity contribution in [2.45, 2.75) is 25.2 Å². The lowest BCUT2D eigenvalue weighted by Crippen LogP contribution is -2.45. The average Bonchev–Trinajstić information content (AvgIpc) is 3.23.